The van der Waals surface area contributed by atoms with E-state index in [1.165, 1.54) is 11.3 Å². The number of thiophene rings is 1. The van der Waals surface area contributed by atoms with E-state index in [9.17, 15) is 4.79 Å². The smallest absolute Gasteiger partial charge is 0.198 e. The lowest BCUT2D eigenvalue weighted by Gasteiger charge is -2.15. The molecule has 1 unspecified atom stereocenters. The van der Waals surface area contributed by atoms with Crippen LogP contribution in [0.2, 0.25) is 0 Å². The molecule has 0 bridgehead atoms. The molecule has 0 saturated carbocycles. The lowest BCUT2D eigenvalue weighted by Crippen LogP contribution is -2.19. The average Bonchev–Trinajstić information content (AvgIpc) is 2.60. The van der Waals surface area contributed by atoms with Gasteiger partial charge in [-0.3, -0.25) is 4.79 Å². The molecule has 2 nitrogen and oxygen atoms in total. The highest BCUT2D eigenvalue weighted by Gasteiger charge is 2.12. The molecule has 1 aromatic rings. The number of ether oxygens (including phenoxy) is 1. The summed E-state index contributed by atoms with van der Waals surface area (Å²) in [4.78, 5) is 12.4. The second-order valence-electron chi connectivity index (χ2n) is 3.79. The van der Waals surface area contributed by atoms with Crippen LogP contribution in [0.25, 0.3) is 0 Å². The van der Waals surface area contributed by atoms with Crippen molar-refractivity contribution in [2.75, 3.05) is 6.61 Å². The molecule has 0 aliphatic heterocycles. The molecule has 15 heavy (non-hydrogen) atoms. The van der Waals surface area contributed by atoms with E-state index in [4.69, 9.17) is 4.74 Å². The van der Waals surface area contributed by atoms with E-state index in [1.54, 1.807) is 0 Å². The largest absolute Gasteiger partial charge is 0.370 e. The van der Waals surface area contributed by atoms with E-state index in [0.717, 1.165) is 8.66 Å². The van der Waals surface area contributed by atoms with Gasteiger partial charge in [-0.05, 0) is 40.9 Å². The monoisotopic (exact) mass is 290 g/mol. The zero-order chi connectivity index (χ0) is 11.4. The predicted molar refractivity (Wildman–Crippen MR) is 66.6 cm³/mol. The molecule has 1 atom stereocenters. The van der Waals surface area contributed by atoms with Gasteiger partial charge >= 0.3 is 0 Å². The topological polar surface area (TPSA) is 26.3 Å². The van der Waals surface area contributed by atoms with Crippen LogP contribution >= 0.6 is 27.3 Å². The van der Waals surface area contributed by atoms with Gasteiger partial charge in [-0.1, -0.05) is 13.8 Å². The summed E-state index contributed by atoms with van der Waals surface area (Å²) < 4.78 is 6.45. The quantitative estimate of drug-likeness (QED) is 0.772. The molecule has 0 N–H and O–H groups in total. The Morgan fingerprint density at radius 1 is 1.47 bits per heavy atom. The molecule has 0 spiro atoms. The fourth-order valence-electron chi connectivity index (χ4n) is 0.935. The second kappa shape index (κ2) is 5.77. The van der Waals surface area contributed by atoms with Gasteiger partial charge in [-0.25, -0.2) is 0 Å². The van der Waals surface area contributed by atoms with Crippen LogP contribution in [0.4, 0.5) is 0 Å². The van der Waals surface area contributed by atoms with E-state index in [2.05, 4.69) is 29.8 Å². The number of Topliss-reactive ketones (excluding diaryl/α,β-unsaturated/α-hetero) is 1. The summed E-state index contributed by atoms with van der Waals surface area (Å²) in [5.41, 5.74) is 0. The van der Waals surface area contributed by atoms with E-state index in [-0.39, 0.29) is 18.5 Å². The van der Waals surface area contributed by atoms with Crippen molar-refractivity contribution in [3.63, 3.8) is 0 Å². The van der Waals surface area contributed by atoms with Crippen molar-refractivity contribution in [2.24, 2.45) is 5.92 Å². The molecular formula is C11H15BrO2S. The van der Waals surface area contributed by atoms with Gasteiger partial charge in [0.25, 0.3) is 0 Å². The van der Waals surface area contributed by atoms with E-state index < -0.39 is 0 Å². The lowest BCUT2D eigenvalue weighted by atomic mass is 10.1. The minimum atomic E-state index is 0.0539. The van der Waals surface area contributed by atoms with Crippen LogP contribution in [0.5, 0.6) is 0 Å². The number of hydrogen-bond acceptors (Lipinski definition) is 3. The van der Waals surface area contributed by atoms with Crippen LogP contribution in [-0.4, -0.2) is 18.5 Å². The third kappa shape index (κ3) is 4.05. The Bertz CT molecular complexity index is 333. The van der Waals surface area contributed by atoms with Crippen molar-refractivity contribution in [3.8, 4) is 0 Å². The fourth-order valence-corrected chi connectivity index (χ4v) is 2.25. The summed E-state index contributed by atoms with van der Waals surface area (Å²) in [5, 5.41) is 0. The first-order chi connectivity index (χ1) is 7.00. The average molecular weight is 291 g/mol. The molecule has 1 heterocycles. The number of hydrogen-bond donors (Lipinski definition) is 0. The van der Waals surface area contributed by atoms with Gasteiger partial charge in [0.2, 0.25) is 0 Å². The Morgan fingerprint density at radius 3 is 2.60 bits per heavy atom. The van der Waals surface area contributed by atoms with Crippen molar-refractivity contribution in [3.05, 3.63) is 20.8 Å². The minimum absolute atomic E-state index is 0.0539. The summed E-state index contributed by atoms with van der Waals surface area (Å²) in [6.45, 7) is 6.32. The molecule has 0 saturated heterocycles. The first kappa shape index (κ1) is 12.9. The highest BCUT2D eigenvalue weighted by molar-refractivity contribution is 9.11. The van der Waals surface area contributed by atoms with Gasteiger partial charge in [-0.2, -0.15) is 0 Å². The van der Waals surface area contributed by atoms with Crippen molar-refractivity contribution < 1.29 is 9.53 Å². The Hall–Kier alpha value is -0.190. The molecule has 4 heteroatoms. The summed E-state index contributed by atoms with van der Waals surface area (Å²) in [6, 6.07) is 3.70. The van der Waals surface area contributed by atoms with Crippen molar-refractivity contribution >= 4 is 33.0 Å². The van der Waals surface area contributed by atoms with E-state index >= 15 is 0 Å². The maximum Gasteiger partial charge on any atom is 0.198 e. The summed E-state index contributed by atoms with van der Waals surface area (Å²) in [5.74, 6) is 0.492. The van der Waals surface area contributed by atoms with Crippen LogP contribution < -0.4 is 0 Å². The number of halogens is 1. The zero-order valence-corrected chi connectivity index (χ0v) is 11.5. The number of carbonyl (C=O) groups is 1. The maximum absolute atomic E-state index is 11.6. The molecule has 84 valence electrons. The highest BCUT2D eigenvalue weighted by atomic mass is 79.9. The van der Waals surface area contributed by atoms with Gasteiger partial charge in [0.05, 0.1) is 14.8 Å². The minimum Gasteiger partial charge on any atom is -0.370 e. The van der Waals surface area contributed by atoms with Crippen LogP contribution in [0.3, 0.4) is 0 Å². The number of carbonyl (C=O) groups excluding carboxylic acids is 1. The summed E-state index contributed by atoms with van der Waals surface area (Å²) in [6.07, 6.45) is 0.123. The van der Waals surface area contributed by atoms with Crippen LogP contribution in [-0.2, 0) is 4.74 Å². The van der Waals surface area contributed by atoms with Crippen molar-refractivity contribution in [1.29, 1.82) is 0 Å². The molecule has 0 fully saturated rings. The predicted octanol–water partition coefficient (Wildman–Crippen LogP) is 3.75. The Balaban J connectivity index is 2.43. The molecule has 1 aromatic heterocycles. The summed E-state index contributed by atoms with van der Waals surface area (Å²) in [7, 11) is 0. The normalized spacial score (nSPS) is 13.1. The molecule has 0 aliphatic carbocycles. The first-order valence-corrected chi connectivity index (χ1v) is 6.51. The zero-order valence-electron chi connectivity index (χ0n) is 9.12. The van der Waals surface area contributed by atoms with Crippen molar-refractivity contribution in [1.82, 2.24) is 0 Å². The number of ketones is 1. The third-order valence-electron chi connectivity index (χ3n) is 2.26. The Labute approximate surface area is 103 Å². The van der Waals surface area contributed by atoms with Gasteiger partial charge in [0.15, 0.2) is 5.78 Å². The van der Waals surface area contributed by atoms with Gasteiger partial charge < -0.3 is 4.74 Å². The molecule has 0 aliphatic rings. The standard InChI is InChI=1S/C11H15BrO2S/c1-7(2)8(3)14-6-9(13)10-4-5-11(12)15-10/h4-5,7-8H,6H2,1-3H3. The fraction of sp³-hybridized carbons (Fsp3) is 0.545. The Morgan fingerprint density at radius 2 is 2.13 bits per heavy atom. The highest BCUT2D eigenvalue weighted by Crippen LogP contribution is 2.22. The van der Waals surface area contributed by atoms with Gasteiger partial charge in [0, 0.05) is 0 Å². The van der Waals surface area contributed by atoms with Crippen LogP contribution in [0, 0.1) is 5.92 Å². The molecule has 1 rings (SSSR count). The lowest BCUT2D eigenvalue weighted by molar-refractivity contribution is 0.0339. The van der Waals surface area contributed by atoms with Gasteiger partial charge in [0.1, 0.15) is 6.61 Å². The van der Waals surface area contributed by atoms with Crippen molar-refractivity contribution in [2.45, 2.75) is 26.9 Å². The van der Waals surface area contributed by atoms with Crippen LogP contribution in [0.15, 0.2) is 15.9 Å². The van der Waals surface area contributed by atoms with E-state index in [0.29, 0.717) is 5.92 Å². The number of rotatable bonds is 5. The van der Waals surface area contributed by atoms with Gasteiger partial charge in [-0.15, -0.1) is 11.3 Å². The third-order valence-corrected chi connectivity index (χ3v) is 3.93. The SMILES string of the molecule is CC(C)C(C)OCC(=O)c1ccc(Br)s1. The molecular weight excluding hydrogens is 276 g/mol. The maximum atomic E-state index is 11.6. The van der Waals surface area contributed by atoms with Crippen LogP contribution in [0.1, 0.15) is 30.4 Å². The molecule has 0 amide bonds. The molecule has 0 aromatic carbocycles. The first-order valence-electron chi connectivity index (χ1n) is 4.91. The second-order valence-corrected chi connectivity index (χ2v) is 6.25. The molecule has 0 radical (unpaired) electrons. The summed E-state index contributed by atoms with van der Waals surface area (Å²) >= 11 is 4.77. The van der Waals surface area contributed by atoms with E-state index in [1.807, 2.05) is 19.1 Å². The Kier molecular flexibility index (Phi) is 4.96.